The summed E-state index contributed by atoms with van der Waals surface area (Å²) in [5.41, 5.74) is 1.65. The summed E-state index contributed by atoms with van der Waals surface area (Å²) < 4.78 is 7.01. The second-order valence-corrected chi connectivity index (χ2v) is 6.64. The largest absolute Gasteiger partial charge is 0.465 e. The normalized spacial score (nSPS) is 11.2. The van der Waals surface area contributed by atoms with Crippen molar-refractivity contribution in [2.75, 3.05) is 6.61 Å². The summed E-state index contributed by atoms with van der Waals surface area (Å²) in [6.45, 7) is 7.91. The number of hydrogen-bond donors (Lipinski definition) is 0. The lowest BCUT2D eigenvalue weighted by Gasteiger charge is -2.14. The van der Waals surface area contributed by atoms with Crippen LogP contribution in [0.4, 0.5) is 0 Å². The molecule has 118 valence electrons. The summed E-state index contributed by atoms with van der Waals surface area (Å²) in [5, 5.41) is 5.89. The van der Waals surface area contributed by atoms with E-state index in [2.05, 4.69) is 27.7 Å². The first kappa shape index (κ1) is 16.9. The molecule has 0 amide bonds. The van der Waals surface area contributed by atoms with Gasteiger partial charge in [0.05, 0.1) is 17.7 Å². The smallest absolute Gasteiger partial charge is 0.327 e. The minimum Gasteiger partial charge on any atom is -0.465 e. The van der Waals surface area contributed by atoms with Gasteiger partial charge in [-0.1, -0.05) is 13.8 Å². The fourth-order valence-corrected chi connectivity index (χ4v) is 3.39. The van der Waals surface area contributed by atoms with Crippen LogP contribution in [0.1, 0.15) is 37.9 Å². The van der Waals surface area contributed by atoms with Crippen molar-refractivity contribution in [3.63, 3.8) is 0 Å². The molecular weight excluding hydrogens is 395 g/mol. The van der Waals surface area contributed by atoms with Crippen LogP contribution in [-0.4, -0.2) is 22.4 Å². The van der Waals surface area contributed by atoms with Crippen molar-refractivity contribution in [3.05, 3.63) is 37.3 Å². The van der Waals surface area contributed by atoms with Gasteiger partial charge in [0, 0.05) is 8.96 Å². The van der Waals surface area contributed by atoms with Crippen molar-refractivity contribution in [3.8, 4) is 0 Å². The van der Waals surface area contributed by atoms with E-state index in [9.17, 15) is 9.59 Å². The molecule has 5 nitrogen and oxygen atoms in total. The van der Waals surface area contributed by atoms with Crippen molar-refractivity contribution in [1.82, 2.24) is 9.78 Å². The molecule has 6 heteroatoms. The third-order valence-electron chi connectivity index (χ3n) is 3.32. The Labute approximate surface area is 142 Å². The first-order valence-electron chi connectivity index (χ1n) is 7.21. The van der Waals surface area contributed by atoms with E-state index in [1.807, 2.05) is 32.9 Å². The van der Waals surface area contributed by atoms with Gasteiger partial charge in [-0.3, -0.25) is 9.59 Å². The number of fused-ring (bicyclic) bond motifs is 1. The molecule has 0 bridgehead atoms. The second-order valence-electron chi connectivity index (χ2n) is 5.48. The lowest BCUT2D eigenvalue weighted by molar-refractivity contribution is -0.144. The number of carbonyl (C=O) groups is 1. The lowest BCUT2D eigenvalue weighted by atomic mass is 10.0. The average Bonchev–Trinajstić information content (AvgIpc) is 2.41. The van der Waals surface area contributed by atoms with Crippen LogP contribution in [0.3, 0.4) is 0 Å². The molecule has 2 aromatic rings. The van der Waals surface area contributed by atoms with Crippen LogP contribution in [0.5, 0.6) is 0 Å². The summed E-state index contributed by atoms with van der Waals surface area (Å²) in [6.07, 6.45) is 0. The van der Waals surface area contributed by atoms with Gasteiger partial charge in [0.1, 0.15) is 6.54 Å². The quantitative estimate of drug-likeness (QED) is 0.570. The zero-order chi connectivity index (χ0) is 16.4. The van der Waals surface area contributed by atoms with E-state index in [0.717, 1.165) is 20.2 Å². The number of rotatable bonds is 4. The molecule has 1 heterocycles. The minimum atomic E-state index is -0.451. The van der Waals surface area contributed by atoms with Gasteiger partial charge in [0.15, 0.2) is 0 Å². The van der Waals surface area contributed by atoms with E-state index in [1.54, 1.807) is 6.92 Å². The molecular formula is C16H19IN2O3. The predicted molar refractivity (Wildman–Crippen MR) is 94.2 cm³/mol. The Morgan fingerprint density at radius 2 is 2.09 bits per heavy atom. The molecule has 0 atom stereocenters. The van der Waals surface area contributed by atoms with Crippen molar-refractivity contribution in [2.45, 2.75) is 40.2 Å². The van der Waals surface area contributed by atoms with E-state index >= 15 is 0 Å². The van der Waals surface area contributed by atoms with Gasteiger partial charge >= 0.3 is 5.97 Å². The number of esters is 1. The Morgan fingerprint density at radius 3 is 2.68 bits per heavy atom. The van der Waals surface area contributed by atoms with E-state index < -0.39 is 5.97 Å². The zero-order valence-electron chi connectivity index (χ0n) is 13.1. The number of benzene rings is 1. The topological polar surface area (TPSA) is 61.2 Å². The van der Waals surface area contributed by atoms with Crippen molar-refractivity contribution < 1.29 is 9.53 Å². The molecule has 2 rings (SSSR count). The molecule has 0 radical (unpaired) electrons. The standard InChI is InChI=1S/C16H19IN2O3/c1-5-22-13(20)8-19-16(21)14-11(15(18-19)9(2)3)6-10(4)7-12(14)17/h6-7,9H,5,8H2,1-4H3. The maximum absolute atomic E-state index is 12.7. The Kier molecular flexibility index (Phi) is 5.20. The fraction of sp³-hybridized carbons (Fsp3) is 0.438. The Hall–Kier alpha value is -1.44. The summed E-state index contributed by atoms with van der Waals surface area (Å²) in [5.74, 6) is -0.303. The first-order chi connectivity index (χ1) is 10.3. The maximum atomic E-state index is 12.7. The van der Waals surface area contributed by atoms with Crippen LogP contribution in [0.2, 0.25) is 0 Å². The number of hydrogen-bond acceptors (Lipinski definition) is 4. The van der Waals surface area contributed by atoms with Crippen LogP contribution in [0.15, 0.2) is 16.9 Å². The maximum Gasteiger partial charge on any atom is 0.327 e. The van der Waals surface area contributed by atoms with E-state index in [-0.39, 0.29) is 24.6 Å². The second kappa shape index (κ2) is 6.76. The molecule has 0 saturated heterocycles. The minimum absolute atomic E-state index is 0.147. The highest BCUT2D eigenvalue weighted by Gasteiger charge is 2.17. The molecule has 22 heavy (non-hydrogen) atoms. The number of aromatic nitrogens is 2. The molecule has 0 saturated carbocycles. The van der Waals surface area contributed by atoms with Crippen LogP contribution < -0.4 is 5.56 Å². The molecule has 0 unspecified atom stereocenters. The van der Waals surface area contributed by atoms with Crippen molar-refractivity contribution in [1.29, 1.82) is 0 Å². The molecule has 1 aromatic heterocycles. The van der Waals surface area contributed by atoms with E-state index in [1.165, 1.54) is 4.68 Å². The van der Waals surface area contributed by atoms with Crippen LogP contribution in [0, 0.1) is 10.5 Å². The Balaban J connectivity index is 2.72. The van der Waals surface area contributed by atoms with Gasteiger partial charge in [-0.25, -0.2) is 4.68 Å². The first-order valence-corrected chi connectivity index (χ1v) is 8.29. The molecule has 0 spiro atoms. The number of aryl methyl sites for hydroxylation is 1. The average molecular weight is 414 g/mol. The highest BCUT2D eigenvalue weighted by atomic mass is 127. The van der Waals surface area contributed by atoms with Gasteiger partial charge < -0.3 is 4.74 Å². The van der Waals surface area contributed by atoms with Gasteiger partial charge in [-0.15, -0.1) is 0 Å². The SMILES string of the molecule is CCOC(=O)Cn1nc(C(C)C)c2cc(C)cc(I)c2c1=O. The van der Waals surface area contributed by atoms with Crippen LogP contribution in [-0.2, 0) is 16.1 Å². The predicted octanol–water partition coefficient (Wildman–Crippen LogP) is 3.00. The van der Waals surface area contributed by atoms with E-state index in [0.29, 0.717) is 5.39 Å². The number of carbonyl (C=O) groups excluding carboxylic acids is 1. The van der Waals surface area contributed by atoms with Gasteiger partial charge in [-0.05, 0) is 60.1 Å². The fourth-order valence-electron chi connectivity index (χ4n) is 2.38. The number of ether oxygens (including phenoxy) is 1. The lowest BCUT2D eigenvalue weighted by Crippen LogP contribution is -2.29. The van der Waals surface area contributed by atoms with Crippen LogP contribution in [0.25, 0.3) is 10.8 Å². The van der Waals surface area contributed by atoms with Crippen molar-refractivity contribution >= 4 is 39.3 Å². The Morgan fingerprint density at radius 1 is 1.41 bits per heavy atom. The summed E-state index contributed by atoms with van der Waals surface area (Å²) in [6, 6.07) is 3.94. The number of halogens is 1. The van der Waals surface area contributed by atoms with Gasteiger partial charge in [0.25, 0.3) is 5.56 Å². The zero-order valence-corrected chi connectivity index (χ0v) is 15.3. The molecule has 0 aliphatic rings. The van der Waals surface area contributed by atoms with Gasteiger partial charge in [0.2, 0.25) is 0 Å². The third kappa shape index (κ3) is 3.31. The third-order valence-corrected chi connectivity index (χ3v) is 4.17. The highest BCUT2D eigenvalue weighted by Crippen LogP contribution is 2.25. The summed E-state index contributed by atoms with van der Waals surface area (Å²) >= 11 is 2.16. The molecule has 0 N–H and O–H groups in total. The molecule has 0 aliphatic carbocycles. The summed E-state index contributed by atoms with van der Waals surface area (Å²) in [7, 11) is 0. The molecule has 0 fully saturated rings. The van der Waals surface area contributed by atoms with Gasteiger partial charge in [-0.2, -0.15) is 5.10 Å². The Bertz CT molecular complexity index is 781. The highest BCUT2D eigenvalue weighted by molar-refractivity contribution is 14.1. The van der Waals surface area contributed by atoms with Crippen molar-refractivity contribution in [2.24, 2.45) is 0 Å². The molecule has 0 aliphatic heterocycles. The molecule has 1 aromatic carbocycles. The monoisotopic (exact) mass is 414 g/mol. The van der Waals surface area contributed by atoms with Crippen LogP contribution >= 0.6 is 22.6 Å². The summed E-state index contributed by atoms with van der Waals surface area (Å²) in [4.78, 5) is 24.4. The number of nitrogens with zero attached hydrogens (tertiary/aromatic N) is 2. The van der Waals surface area contributed by atoms with E-state index in [4.69, 9.17) is 4.74 Å².